The summed E-state index contributed by atoms with van der Waals surface area (Å²) in [5.74, 6) is -0.231. The van der Waals surface area contributed by atoms with Crippen LogP contribution in [0.15, 0.2) is 30.5 Å². The number of benzene rings is 1. The molecule has 0 bridgehead atoms. The standard InChI is InChI=1S/C16H18N2O2/c1-10-6-7-11(8-10)18-15-12-4-2-3-5-14(12)17-9-13(15)16(19)20/h2-5,9-11H,6-8H2,1H3,(H,17,18)(H,19,20). The lowest BCUT2D eigenvalue weighted by Gasteiger charge is -2.17. The second kappa shape index (κ2) is 5.12. The predicted molar refractivity (Wildman–Crippen MR) is 79.1 cm³/mol. The maximum Gasteiger partial charge on any atom is 0.339 e. The topological polar surface area (TPSA) is 62.2 Å². The number of anilines is 1. The molecule has 0 radical (unpaired) electrons. The van der Waals surface area contributed by atoms with Crippen LogP contribution in [0.5, 0.6) is 0 Å². The van der Waals surface area contributed by atoms with Crippen molar-refractivity contribution in [3.63, 3.8) is 0 Å². The van der Waals surface area contributed by atoms with E-state index >= 15 is 0 Å². The minimum absolute atomic E-state index is 0.253. The SMILES string of the molecule is CC1CCC(Nc2c(C(=O)O)cnc3ccccc23)C1. The van der Waals surface area contributed by atoms with Crippen molar-refractivity contribution in [1.82, 2.24) is 4.98 Å². The van der Waals surface area contributed by atoms with Crippen molar-refractivity contribution in [2.75, 3.05) is 5.32 Å². The van der Waals surface area contributed by atoms with Crippen LogP contribution in [0.2, 0.25) is 0 Å². The molecule has 1 aromatic carbocycles. The highest BCUT2D eigenvalue weighted by Crippen LogP contribution is 2.32. The Morgan fingerprint density at radius 3 is 2.85 bits per heavy atom. The molecule has 1 aliphatic rings. The number of hydrogen-bond acceptors (Lipinski definition) is 3. The molecule has 1 fully saturated rings. The summed E-state index contributed by atoms with van der Waals surface area (Å²) >= 11 is 0. The zero-order valence-electron chi connectivity index (χ0n) is 11.5. The molecule has 1 heterocycles. The van der Waals surface area contributed by atoms with Crippen LogP contribution in [0, 0.1) is 5.92 Å². The molecular weight excluding hydrogens is 252 g/mol. The number of fused-ring (bicyclic) bond motifs is 1. The Morgan fingerprint density at radius 2 is 2.15 bits per heavy atom. The van der Waals surface area contributed by atoms with Crippen LogP contribution in [-0.4, -0.2) is 22.1 Å². The molecule has 1 aromatic heterocycles. The van der Waals surface area contributed by atoms with E-state index in [4.69, 9.17) is 0 Å². The van der Waals surface area contributed by atoms with Crippen molar-refractivity contribution in [3.8, 4) is 0 Å². The lowest BCUT2D eigenvalue weighted by atomic mass is 10.1. The summed E-state index contributed by atoms with van der Waals surface area (Å²) in [6, 6.07) is 8.02. The molecule has 2 N–H and O–H groups in total. The number of pyridine rings is 1. The van der Waals surface area contributed by atoms with Crippen molar-refractivity contribution in [3.05, 3.63) is 36.0 Å². The van der Waals surface area contributed by atoms with Crippen molar-refractivity contribution in [2.24, 2.45) is 5.92 Å². The summed E-state index contributed by atoms with van der Waals surface area (Å²) in [4.78, 5) is 15.7. The van der Waals surface area contributed by atoms with Crippen LogP contribution >= 0.6 is 0 Å². The number of aromatic carboxylic acids is 1. The summed E-state index contributed by atoms with van der Waals surface area (Å²) in [5.41, 5.74) is 1.79. The average Bonchev–Trinajstić information content (AvgIpc) is 2.84. The van der Waals surface area contributed by atoms with Gasteiger partial charge in [-0.1, -0.05) is 25.1 Å². The Kier molecular flexibility index (Phi) is 3.30. The highest BCUT2D eigenvalue weighted by Gasteiger charge is 2.24. The summed E-state index contributed by atoms with van der Waals surface area (Å²) in [6.07, 6.45) is 4.83. The fraction of sp³-hybridized carbons (Fsp3) is 0.375. The van der Waals surface area contributed by atoms with E-state index in [1.54, 1.807) is 0 Å². The molecule has 2 unspecified atom stereocenters. The molecular formula is C16H18N2O2. The smallest absolute Gasteiger partial charge is 0.339 e. The third-order valence-corrected chi connectivity index (χ3v) is 4.05. The number of aromatic nitrogens is 1. The monoisotopic (exact) mass is 270 g/mol. The van der Waals surface area contributed by atoms with Crippen molar-refractivity contribution in [1.29, 1.82) is 0 Å². The van der Waals surface area contributed by atoms with E-state index in [1.807, 2.05) is 24.3 Å². The van der Waals surface area contributed by atoms with Gasteiger partial charge in [-0.2, -0.15) is 0 Å². The number of nitrogens with zero attached hydrogens (tertiary/aromatic N) is 1. The molecule has 0 saturated heterocycles. The Hall–Kier alpha value is -2.10. The summed E-state index contributed by atoms with van der Waals surface area (Å²) in [5, 5.41) is 13.7. The molecule has 2 atom stereocenters. The molecule has 1 saturated carbocycles. The lowest BCUT2D eigenvalue weighted by molar-refractivity contribution is 0.0697. The van der Waals surface area contributed by atoms with Crippen LogP contribution in [0.4, 0.5) is 5.69 Å². The van der Waals surface area contributed by atoms with Crippen molar-refractivity contribution < 1.29 is 9.90 Å². The summed E-state index contributed by atoms with van der Waals surface area (Å²) in [6.45, 7) is 2.24. The summed E-state index contributed by atoms with van der Waals surface area (Å²) < 4.78 is 0. The van der Waals surface area contributed by atoms with Crippen LogP contribution < -0.4 is 5.32 Å². The van der Waals surface area contributed by atoms with E-state index in [0.29, 0.717) is 17.6 Å². The van der Waals surface area contributed by atoms with Gasteiger partial charge in [0.2, 0.25) is 0 Å². The number of carboxylic acids is 1. The van der Waals surface area contributed by atoms with Gasteiger partial charge in [-0.05, 0) is 31.2 Å². The van der Waals surface area contributed by atoms with E-state index in [0.717, 1.165) is 23.7 Å². The molecule has 4 heteroatoms. The van der Waals surface area contributed by atoms with E-state index in [-0.39, 0.29) is 5.56 Å². The Morgan fingerprint density at radius 1 is 1.35 bits per heavy atom. The third kappa shape index (κ3) is 2.33. The normalized spacial score (nSPS) is 22.1. The average molecular weight is 270 g/mol. The van der Waals surface area contributed by atoms with E-state index in [9.17, 15) is 9.90 Å². The minimum Gasteiger partial charge on any atom is -0.478 e. The molecule has 3 rings (SSSR count). The molecule has 20 heavy (non-hydrogen) atoms. The number of hydrogen-bond donors (Lipinski definition) is 2. The largest absolute Gasteiger partial charge is 0.478 e. The maximum atomic E-state index is 11.4. The van der Waals surface area contributed by atoms with Crippen LogP contribution in [0.3, 0.4) is 0 Å². The van der Waals surface area contributed by atoms with Crippen LogP contribution in [0.25, 0.3) is 10.9 Å². The van der Waals surface area contributed by atoms with Crippen LogP contribution in [-0.2, 0) is 0 Å². The Balaban J connectivity index is 2.05. The first-order valence-corrected chi connectivity index (χ1v) is 7.02. The fourth-order valence-electron chi connectivity index (χ4n) is 3.00. The first-order valence-electron chi connectivity index (χ1n) is 7.02. The minimum atomic E-state index is -0.934. The molecule has 4 nitrogen and oxygen atoms in total. The van der Waals surface area contributed by atoms with Crippen LogP contribution in [0.1, 0.15) is 36.5 Å². The molecule has 104 valence electrons. The number of para-hydroxylation sites is 1. The number of rotatable bonds is 3. The second-order valence-corrected chi connectivity index (χ2v) is 5.63. The van der Waals surface area contributed by atoms with Gasteiger partial charge in [0.15, 0.2) is 0 Å². The maximum absolute atomic E-state index is 11.4. The number of carboxylic acid groups (broad SMARTS) is 1. The highest BCUT2D eigenvalue weighted by molar-refractivity contribution is 6.04. The van der Waals surface area contributed by atoms with Crippen molar-refractivity contribution in [2.45, 2.75) is 32.2 Å². The van der Waals surface area contributed by atoms with Gasteiger partial charge in [0.1, 0.15) is 5.56 Å². The molecule has 0 aliphatic heterocycles. The van der Waals surface area contributed by atoms with Gasteiger partial charge < -0.3 is 10.4 Å². The quantitative estimate of drug-likeness (QED) is 0.895. The molecule has 2 aromatic rings. The summed E-state index contributed by atoms with van der Waals surface area (Å²) in [7, 11) is 0. The molecule has 0 amide bonds. The second-order valence-electron chi connectivity index (χ2n) is 5.63. The van der Waals surface area contributed by atoms with Gasteiger partial charge >= 0.3 is 5.97 Å². The van der Waals surface area contributed by atoms with Gasteiger partial charge in [-0.25, -0.2) is 4.79 Å². The number of carbonyl (C=O) groups is 1. The first kappa shape index (κ1) is 12.9. The predicted octanol–water partition coefficient (Wildman–Crippen LogP) is 3.53. The fourth-order valence-corrected chi connectivity index (χ4v) is 3.00. The Labute approximate surface area is 117 Å². The van der Waals surface area contributed by atoms with E-state index < -0.39 is 5.97 Å². The van der Waals surface area contributed by atoms with Gasteiger partial charge in [0, 0.05) is 17.6 Å². The van der Waals surface area contributed by atoms with Gasteiger partial charge in [0.05, 0.1) is 11.2 Å². The van der Waals surface area contributed by atoms with Gasteiger partial charge in [-0.15, -0.1) is 0 Å². The first-order chi connectivity index (χ1) is 9.65. The number of nitrogens with one attached hydrogen (secondary N) is 1. The lowest BCUT2D eigenvalue weighted by Crippen LogP contribution is -2.18. The van der Waals surface area contributed by atoms with Crippen molar-refractivity contribution >= 4 is 22.6 Å². The third-order valence-electron chi connectivity index (χ3n) is 4.05. The van der Waals surface area contributed by atoms with E-state index in [2.05, 4.69) is 17.2 Å². The highest BCUT2D eigenvalue weighted by atomic mass is 16.4. The molecule has 0 spiro atoms. The van der Waals surface area contributed by atoms with E-state index in [1.165, 1.54) is 12.6 Å². The van der Waals surface area contributed by atoms with Gasteiger partial charge in [-0.3, -0.25) is 4.98 Å². The zero-order valence-corrected chi connectivity index (χ0v) is 11.5. The zero-order chi connectivity index (χ0) is 14.1. The van der Waals surface area contributed by atoms with Gasteiger partial charge in [0.25, 0.3) is 0 Å². The molecule has 1 aliphatic carbocycles. The Bertz CT molecular complexity index is 654.